The van der Waals surface area contributed by atoms with Crippen LogP contribution < -0.4 is 0 Å². The number of hydrogen-bond donors (Lipinski definition) is 2. The Morgan fingerprint density at radius 2 is 2.10 bits per heavy atom. The number of benzene rings is 1. The Labute approximate surface area is 119 Å². The van der Waals surface area contributed by atoms with Gasteiger partial charge in [0.25, 0.3) is 0 Å². The van der Waals surface area contributed by atoms with Crippen molar-refractivity contribution in [2.45, 2.75) is 43.2 Å². The Balaban J connectivity index is 2.34. The molecule has 0 radical (unpaired) electrons. The van der Waals surface area contributed by atoms with Crippen LogP contribution in [0.2, 0.25) is 0 Å². The molecule has 20 heavy (non-hydrogen) atoms. The summed E-state index contributed by atoms with van der Waals surface area (Å²) in [7, 11) is -3.62. The molecule has 1 saturated carbocycles. The molecule has 1 aliphatic carbocycles. The molecule has 6 heteroatoms. The fourth-order valence-electron chi connectivity index (χ4n) is 2.34. The second kappa shape index (κ2) is 6.22. The number of hydrogen-bond acceptors (Lipinski definition) is 4. The summed E-state index contributed by atoms with van der Waals surface area (Å²) in [6.45, 7) is 1.53. The summed E-state index contributed by atoms with van der Waals surface area (Å²) in [5.74, 6) is 0. The topological polar surface area (TPSA) is 77.8 Å². The van der Waals surface area contributed by atoms with Gasteiger partial charge >= 0.3 is 0 Å². The van der Waals surface area contributed by atoms with Crippen LogP contribution in [0.3, 0.4) is 0 Å². The van der Waals surface area contributed by atoms with Crippen LogP contribution >= 0.6 is 0 Å². The lowest BCUT2D eigenvalue weighted by Gasteiger charge is -2.36. The van der Waals surface area contributed by atoms with Crippen molar-refractivity contribution < 1.29 is 18.6 Å². The molecule has 5 nitrogen and oxygen atoms in total. The quantitative estimate of drug-likeness (QED) is 0.829. The molecule has 0 aromatic heterocycles. The van der Waals surface area contributed by atoms with Crippen molar-refractivity contribution in [3.8, 4) is 0 Å². The second-order valence-electron chi connectivity index (χ2n) is 5.17. The predicted molar refractivity (Wildman–Crippen MR) is 75.7 cm³/mol. The fraction of sp³-hybridized carbons (Fsp3) is 0.571. The third kappa shape index (κ3) is 3.03. The molecule has 2 rings (SSSR count). The van der Waals surface area contributed by atoms with Crippen molar-refractivity contribution in [3.05, 3.63) is 29.8 Å². The average molecular weight is 299 g/mol. The summed E-state index contributed by atoms with van der Waals surface area (Å²) in [4.78, 5) is 0.177. The molecule has 1 atom stereocenters. The number of sulfonamides is 1. The maximum absolute atomic E-state index is 12.7. The zero-order chi connectivity index (χ0) is 14.8. The zero-order valence-corrected chi connectivity index (χ0v) is 12.4. The van der Waals surface area contributed by atoms with E-state index in [2.05, 4.69) is 0 Å². The number of aliphatic hydroxyl groups excluding tert-OH is 2. The first-order valence-corrected chi connectivity index (χ1v) is 8.31. The van der Waals surface area contributed by atoms with Crippen LogP contribution in [-0.2, 0) is 10.0 Å². The molecule has 0 aliphatic heterocycles. The lowest BCUT2D eigenvalue weighted by molar-refractivity contribution is 0.178. The minimum atomic E-state index is -3.62. The molecule has 1 aromatic carbocycles. The minimum absolute atomic E-state index is 0.0117. The van der Waals surface area contributed by atoms with E-state index in [9.17, 15) is 13.5 Å². The maximum atomic E-state index is 12.7. The number of nitrogens with zero attached hydrogens (tertiary/aromatic N) is 1. The SMILES string of the molecule is CC(O)c1cccc(S(=O)(=O)N(CCO)C2CCC2)c1. The molecule has 0 bridgehead atoms. The first kappa shape index (κ1) is 15.4. The van der Waals surface area contributed by atoms with Gasteiger partial charge in [-0.2, -0.15) is 4.31 Å². The Morgan fingerprint density at radius 3 is 2.60 bits per heavy atom. The van der Waals surface area contributed by atoms with E-state index in [4.69, 9.17) is 5.11 Å². The molecule has 0 spiro atoms. The maximum Gasteiger partial charge on any atom is 0.243 e. The van der Waals surface area contributed by atoms with Crippen LogP contribution in [0.15, 0.2) is 29.2 Å². The zero-order valence-electron chi connectivity index (χ0n) is 11.6. The van der Waals surface area contributed by atoms with E-state index < -0.39 is 16.1 Å². The highest BCUT2D eigenvalue weighted by Gasteiger charge is 2.34. The third-order valence-corrected chi connectivity index (χ3v) is 5.70. The molecule has 0 heterocycles. The van der Waals surface area contributed by atoms with Crippen molar-refractivity contribution in [2.75, 3.05) is 13.2 Å². The molecule has 112 valence electrons. The largest absolute Gasteiger partial charge is 0.395 e. The Hall–Kier alpha value is -0.950. The van der Waals surface area contributed by atoms with Crippen molar-refractivity contribution in [3.63, 3.8) is 0 Å². The van der Waals surface area contributed by atoms with Gasteiger partial charge in [-0.05, 0) is 37.5 Å². The molecule has 1 aliphatic rings. The summed E-state index contributed by atoms with van der Waals surface area (Å²) < 4.78 is 26.7. The van der Waals surface area contributed by atoms with Gasteiger partial charge in [0, 0.05) is 12.6 Å². The molecule has 1 unspecified atom stereocenters. The molecular weight excluding hydrogens is 278 g/mol. The van der Waals surface area contributed by atoms with Gasteiger partial charge in [-0.15, -0.1) is 0 Å². The van der Waals surface area contributed by atoms with Gasteiger partial charge in [-0.3, -0.25) is 0 Å². The summed E-state index contributed by atoms with van der Waals surface area (Å²) in [5.41, 5.74) is 0.573. The molecule has 0 amide bonds. The van der Waals surface area contributed by atoms with E-state index >= 15 is 0 Å². The van der Waals surface area contributed by atoms with Crippen molar-refractivity contribution in [1.82, 2.24) is 4.31 Å². The lowest BCUT2D eigenvalue weighted by atomic mass is 9.93. The number of aliphatic hydroxyl groups is 2. The van der Waals surface area contributed by atoms with Crippen LogP contribution in [0.4, 0.5) is 0 Å². The van der Waals surface area contributed by atoms with Crippen LogP contribution in [0.25, 0.3) is 0 Å². The van der Waals surface area contributed by atoms with Gasteiger partial charge < -0.3 is 10.2 Å². The standard InChI is InChI=1S/C14H21NO4S/c1-11(17)12-4-2-7-14(10-12)20(18,19)15(8-9-16)13-5-3-6-13/h2,4,7,10-11,13,16-17H,3,5-6,8-9H2,1H3. The fourth-order valence-corrected chi connectivity index (χ4v) is 4.07. The smallest absolute Gasteiger partial charge is 0.243 e. The van der Waals surface area contributed by atoms with Crippen LogP contribution in [0, 0.1) is 0 Å². The van der Waals surface area contributed by atoms with Crippen LogP contribution in [0.5, 0.6) is 0 Å². The normalized spacial score (nSPS) is 18.0. The Morgan fingerprint density at radius 1 is 1.40 bits per heavy atom. The number of rotatable bonds is 6. The second-order valence-corrected chi connectivity index (χ2v) is 7.06. The van der Waals surface area contributed by atoms with Gasteiger partial charge in [0.15, 0.2) is 0 Å². The summed E-state index contributed by atoms with van der Waals surface area (Å²) in [6.07, 6.45) is 2.00. The van der Waals surface area contributed by atoms with Crippen LogP contribution in [-0.4, -0.2) is 42.1 Å². The molecule has 0 saturated heterocycles. The van der Waals surface area contributed by atoms with Gasteiger partial charge in [-0.1, -0.05) is 18.6 Å². The van der Waals surface area contributed by atoms with E-state index in [1.807, 2.05) is 0 Å². The van der Waals surface area contributed by atoms with Crippen molar-refractivity contribution in [2.24, 2.45) is 0 Å². The van der Waals surface area contributed by atoms with E-state index in [0.29, 0.717) is 5.56 Å². The van der Waals surface area contributed by atoms with Crippen LogP contribution in [0.1, 0.15) is 37.9 Å². The van der Waals surface area contributed by atoms with E-state index in [1.54, 1.807) is 19.1 Å². The van der Waals surface area contributed by atoms with Gasteiger partial charge in [0.05, 0.1) is 17.6 Å². The highest BCUT2D eigenvalue weighted by atomic mass is 32.2. The van der Waals surface area contributed by atoms with Gasteiger partial charge in [0.1, 0.15) is 0 Å². The molecule has 2 N–H and O–H groups in total. The summed E-state index contributed by atoms with van der Waals surface area (Å²) >= 11 is 0. The molecule has 1 fully saturated rings. The predicted octanol–water partition coefficient (Wildman–Crippen LogP) is 1.28. The summed E-state index contributed by atoms with van der Waals surface area (Å²) in [6, 6.07) is 6.35. The molecular formula is C14H21NO4S. The van der Waals surface area contributed by atoms with Crippen molar-refractivity contribution in [1.29, 1.82) is 0 Å². The summed E-state index contributed by atoms with van der Waals surface area (Å²) in [5, 5.41) is 18.7. The Bertz CT molecular complexity index is 552. The highest BCUT2D eigenvalue weighted by Crippen LogP contribution is 2.30. The van der Waals surface area contributed by atoms with Gasteiger partial charge in [-0.25, -0.2) is 8.42 Å². The van der Waals surface area contributed by atoms with E-state index in [1.165, 1.54) is 16.4 Å². The van der Waals surface area contributed by atoms with E-state index in [-0.39, 0.29) is 24.1 Å². The third-order valence-electron chi connectivity index (χ3n) is 3.75. The Kier molecular flexibility index (Phi) is 4.80. The van der Waals surface area contributed by atoms with E-state index in [0.717, 1.165) is 19.3 Å². The first-order valence-electron chi connectivity index (χ1n) is 6.87. The van der Waals surface area contributed by atoms with Crippen molar-refractivity contribution >= 4 is 10.0 Å². The monoisotopic (exact) mass is 299 g/mol. The minimum Gasteiger partial charge on any atom is -0.395 e. The molecule has 1 aromatic rings. The lowest BCUT2D eigenvalue weighted by Crippen LogP contribution is -2.45. The van der Waals surface area contributed by atoms with Gasteiger partial charge in [0.2, 0.25) is 10.0 Å². The first-order chi connectivity index (χ1) is 9.46. The average Bonchev–Trinajstić information content (AvgIpc) is 2.36. The highest BCUT2D eigenvalue weighted by molar-refractivity contribution is 7.89.